The van der Waals surface area contributed by atoms with Gasteiger partial charge in [-0.25, -0.2) is 0 Å². The van der Waals surface area contributed by atoms with Crippen LogP contribution >= 0.6 is 0 Å². The van der Waals surface area contributed by atoms with E-state index in [0.29, 0.717) is 5.92 Å². The lowest BCUT2D eigenvalue weighted by Crippen LogP contribution is -2.26. The molecule has 1 aliphatic carbocycles. The van der Waals surface area contributed by atoms with Gasteiger partial charge in [0.1, 0.15) is 5.75 Å². The van der Waals surface area contributed by atoms with E-state index in [9.17, 15) is 5.26 Å². The van der Waals surface area contributed by atoms with Crippen molar-refractivity contribution in [3.05, 3.63) is 24.3 Å². The molecule has 0 bridgehead atoms. The van der Waals surface area contributed by atoms with Gasteiger partial charge in [0.2, 0.25) is 0 Å². The molecule has 1 aromatic carbocycles. The Morgan fingerprint density at radius 3 is 2.44 bits per heavy atom. The van der Waals surface area contributed by atoms with Crippen LogP contribution in [-0.2, 0) is 0 Å². The van der Waals surface area contributed by atoms with Gasteiger partial charge < -0.3 is 4.74 Å². The minimum Gasteiger partial charge on any atom is -0.497 e. The van der Waals surface area contributed by atoms with Crippen molar-refractivity contribution in [1.82, 2.24) is 0 Å². The molecule has 1 fully saturated rings. The fourth-order valence-electron chi connectivity index (χ4n) is 2.59. The van der Waals surface area contributed by atoms with Gasteiger partial charge in [0.25, 0.3) is 0 Å². The zero-order chi connectivity index (χ0) is 12.8. The van der Waals surface area contributed by atoms with Crippen molar-refractivity contribution in [2.45, 2.75) is 32.1 Å². The predicted molar refractivity (Wildman–Crippen MR) is 72.5 cm³/mol. The number of nitriles is 1. The Bertz CT molecular complexity index is 401. The number of benzene rings is 1. The third-order valence-corrected chi connectivity index (χ3v) is 3.67. The summed E-state index contributed by atoms with van der Waals surface area (Å²) in [5.74, 6) is 1.50. The van der Waals surface area contributed by atoms with Gasteiger partial charge in [0.15, 0.2) is 6.19 Å². The van der Waals surface area contributed by atoms with Crippen molar-refractivity contribution in [3.8, 4) is 11.9 Å². The largest absolute Gasteiger partial charge is 0.497 e. The molecule has 1 aromatic rings. The molecule has 0 unspecified atom stereocenters. The Morgan fingerprint density at radius 1 is 1.22 bits per heavy atom. The van der Waals surface area contributed by atoms with Gasteiger partial charge in [-0.1, -0.05) is 19.3 Å². The van der Waals surface area contributed by atoms with Crippen LogP contribution in [-0.4, -0.2) is 13.7 Å². The molecular weight excluding hydrogens is 224 g/mol. The molecule has 0 aliphatic heterocycles. The second-order valence-electron chi connectivity index (χ2n) is 4.91. The SMILES string of the molecule is COc1ccc(N(C#N)CC2CCCCC2)cc1. The molecule has 1 aliphatic rings. The summed E-state index contributed by atoms with van der Waals surface area (Å²) >= 11 is 0. The first-order chi connectivity index (χ1) is 8.83. The van der Waals surface area contributed by atoms with Gasteiger partial charge in [-0.05, 0) is 43.0 Å². The van der Waals surface area contributed by atoms with E-state index in [1.165, 1.54) is 32.1 Å². The van der Waals surface area contributed by atoms with E-state index in [1.807, 2.05) is 24.3 Å². The van der Waals surface area contributed by atoms with Crippen LogP contribution in [0.5, 0.6) is 5.75 Å². The summed E-state index contributed by atoms with van der Waals surface area (Å²) in [5.41, 5.74) is 0.962. The molecule has 18 heavy (non-hydrogen) atoms. The maximum absolute atomic E-state index is 9.28. The van der Waals surface area contributed by atoms with Crippen molar-refractivity contribution in [1.29, 1.82) is 5.26 Å². The Labute approximate surface area is 109 Å². The first-order valence-electron chi connectivity index (χ1n) is 6.65. The van der Waals surface area contributed by atoms with E-state index < -0.39 is 0 Å². The second kappa shape index (κ2) is 6.30. The highest BCUT2D eigenvalue weighted by Gasteiger charge is 2.17. The van der Waals surface area contributed by atoms with E-state index in [-0.39, 0.29) is 0 Å². The second-order valence-corrected chi connectivity index (χ2v) is 4.91. The van der Waals surface area contributed by atoms with E-state index in [1.54, 1.807) is 12.0 Å². The number of hydrogen-bond donors (Lipinski definition) is 0. The first-order valence-corrected chi connectivity index (χ1v) is 6.65. The van der Waals surface area contributed by atoms with Crippen LogP contribution in [0.25, 0.3) is 0 Å². The average molecular weight is 244 g/mol. The maximum Gasteiger partial charge on any atom is 0.184 e. The smallest absolute Gasteiger partial charge is 0.184 e. The summed E-state index contributed by atoms with van der Waals surface area (Å²) in [6, 6.07) is 7.71. The molecule has 0 N–H and O–H groups in total. The molecule has 0 spiro atoms. The predicted octanol–water partition coefficient (Wildman–Crippen LogP) is 3.56. The monoisotopic (exact) mass is 244 g/mol. The van der Waals surface area contributed by atoms with E-state index in [4.69, 9.17) is 4.74 Å². The number of anilines is 1. The fraction of sp³-hybridized carbons (Fsp3) is 0.533. The van der Waals surface area contributed by atoms with Gasteiger partial charge >= 0.3 is 0 Å². The number of hydrogen-bond acceptors (Lipinski definition) is 3. The van der Waals surface area contributed by atoms with Crippen LogP contribution in [0.4, 0.5) is 5.69 Å². The van der Waals surface area contributed by atoms with Gasteiger partial charge in [-0.15, -0.1) is 0 Å². The van der Waals surface area contributed by atoms with E-state index in [0.717, 1.165) is 18.0 Å². The number of rotatable bonds is 4. The Morgan fingerprint density at radius 2 is 1.89 bits per heavy atom. The summed E-state index contributed by atoms with van der Waals surface area (Å²) < 4.78 is 5.13. The van der Waals surface area contributed by atoms with Crippen LogP contribution in [0.1, 0.15) is 32.1 Å². The molecule has 3 heteroatoms. The van der Waals surface area contributed by atoms with Crippen LogP contribution in [0.3, 0.4) is 0 Å². The molecule has 0 heterocycles. The molecule has 1 saturated carbocycles. The molecule has 2 rings (SSSR count). The Hall–Kier alpha value is -1.69. The van der Waals surface area contributed by atoms with Gasteiger partial charge in [0.05, 0.1) is 12.8 Å². The molecule has 0 aromatic heterocycles. The zero-order valence-electron chi connectivity index (χ0n) is 10.9. The summed E-state index contributed by atoms with van der Waals surface area (Å²) in [6.07, 6.45) is 8.79. The molecule has 0 amide bonds. The summed E-state index contributed by atoms with van der Waals surface area (Å²) in [6.45, 7) is 0.850. The number of ether oxygens (including phenoxy) is 1. The van der Waals surface area contributed by atoms with Crippen molar-refractivity contribution >= 4 is 5.69 Å². The minimum atomic E-state index is 0.667. The van der Waals surface area contributed by atoms with Crippen LogP contribution < -0.4 is 9.64 Å². The lowest BCUT2D eigenvalue weighted by molar-refractivity contribution is 0.365. The van der Waals surface area contributed by atoms with Crippen LogP contribution in [0, 0.1) is 17.4 Å². The molecule has 3 nitrogen and oxygen atoms in total. The Kier molecular flexibility index (Phi) is 4.46. The van der Waals surface area contributed by atoms with Gasteiger partial charge in [-0.2, -0.15) is 5.26 Å². The molecule has 96 valence electrons. The Balaban J connectivity index is 2.00. The van der Waals surface area contributed by atoms with Gasteiger partial charge in [0, 0.05) is 6.54 Å². The van der Waals surface area contributed by atoms with Crippen molar-refractivity contribution in [2.75, 3.05) is 18.6 Å². The maximum atomic E-state index is 9.28. The summed E-state index contributed by atoms with van der Waals surface area (Å²) in [5, 5.41) is 9.28. The highest BCUT2D eigenvalue weighted by molar-refractivity contribution is 5.52. The quantitative estimate of drug-likeness (QED) is 0.600. The van der Waals surface area contributed by atoms with Crippen LogP contribution in [0.15, 0.2) is 24.3 Å². The lowest BCUT2D eigenvalue weighted by atomic mass is 9.89. The third-order valence-electron chi connectivity index (χ3n) is 3.67. The first kappa shape index (κ1) is 12.8. The highest BCUT2D eigenvalue weighted by atomic mass is 16.5. The third kappa shape index (κ3) is 3.16. The minimum absolute atomic E-state index is 0.667. The molecule has 0 saturated heterocycles. The van der Waals surface area contributed by atoms with E-state index in [2.05, 4.69) is 6.19 Å². The summed E-state index contributed by atoms with van der Waals surface area (Å²) in [4.78, 5) is 1.80. The number of methoxy groups -OCH3 is 1. The van der Waals surface area contributed by atoms with Crippen molar-refractivity contribution in [3.63, 3.8) is 0 Å². The fourth-order valence-corrected chi connectivity index (χ4v) is 2.59. The molecule has 0 atom stereocenters. The zero-order valence-corrected chi connectivity index (χ0v) is 10.9. The average Bonchev–Trinajstić information content (AvgIpc) is 2.46. The normalized spacial score (nSPS) is 16.0. The topological polar surface area (TPSA) is 36.3 Å². The highest BCUT2D eigenvalue weighted by Crippen LogP contribution is 2.26. The summed E-state index contributed by atoms with van der Waals surface area (Å²) in [7, 11) is 1.65. The van der Waals surface area contributed by atoms with Crippen molar-refractivity contribution in [2.24, 2.45) is 5.92 Å². The number of nitrogens with zero attached hydrogens (tertiary/aromatic N) is 2. The molecule has 0 radical (unpaired) electrons. The van der Waals surface area contributed by atoms with Crippen molar-refractivity contribution < 1.29 is 4.74 Å². The molecular formula is C15H20N2O. The lowest BCUT2D eigenvalue weighted by Gasteiger charge is -2.26. The van der Waals surface area contributed by atoms with Crippen LogP contribution in [0.2, 0.25) is 0 Å². The van der Waals surface area contributed by atoms with E-state index >= 15 is 0 Å². The standard InChI is InChI=1S/C15H20N2O/c1-18-15-9-7-14(8-10-15)17(12-16)11-13-5-3-2-4-6-13/h7-10,13H,2-6,11H2,1H3. The van der Waals surface area contributed by atoms with Gasteiger partial charge in [-0.3, -0.25) is 4.90 Å².